The molecule has 1 unspecified atom stereocenters. The second kappa shape index (κ2) is 6.29. The number of hydrogen-bond acceptors (Lipinski definition) is 6. The van der Waals surface area contributed by atoms with Crippen molar-refractivity contribution < 1.29 is 9.59 Å². The van der Waals surface area contributed by atoms with Crippen molar-refractivity contribution in [2.45, 2.75) is 5.66 Å². The molecule has 2 aliphatic heterocycles. The monoisotopic (exact) mass is 343 g/mol. The molecule has 2 aromatic carbocycles. The zero-order valence-corrected chi connectivity index (χ0v) is 13.5. The topological polar surface area (TPSA) is 95.6 Å². The second-order valence-corrected chi connectivity index (χ2v) is 5.65. The first-order valence-electron chi connectivity index (χ1n) is 7.91. The molecule has 2 aromatic rings. The number of hydrogen-bond donors (Lipinski definition) is 1. The number of benzene rings is 2. The molecular weight excluding hydrogens is 330 g/mol. The summed E-state index contributed by atoms with van der Waals surface area (Å²) in [4.78, 5) is 42.5. The van der Waals surface area contributed by atoms with E-state index in [2.05, 4.69) is 25.3 Å². The second-order valence-electron chi connectivity index (χ2n) is 5.65. The molecule has 126 valence electrons. The smallest absolute Gasteiger partial charge is 0.253 e. The van der Waals surface area contributed by atoms with Gasteiger partial charge in [-0.1, -0.05) is 48.5 Å². The number of carbonyl (C=O) groups excluding carboxylic acids is 2. The molecule has 0 bridgehead atoms. The van der Waals surface area contributed by atoms with Gasteiger partial charge < -0.3 is 5.32 Å². The maximum Gasteiger partial charge on any atom is 0.253 e. The fourth-order valence-corrected chi connectivity index (χ4v) is 2.78. The lowest BCUT2D eigenvalue weighted by Gasteiger charge is -2.30. The first kappa shape index (κ1) is 15.8. The van der Waals surface area contributed by atoms with E-state index in [0.717, 1.165) is 0 Å². The van der Waals surface area contributed by atoms with Crippen molar-refractivity contribution in [2.75, 3.05) is 0 Å². The Morgan fingerprint density at radius 1 is 0.808 bits per heavy atom. The molecule has 0 spiro atoms. The standard InChI is InChI=1S/C19H13N5O2/c25-16(13-7-3-1-4-8-13)19(15-17(21-11-20-15)22-12-23-19)24-18(26)14-9-5-2-6-10-14/h1-12H,(H,24,26). The minimum atomic E-state index is -1.71. The molecule has 1 atom stereocenters. The summed E-state index contributed by atoms with van der Waals surface area (Å²) in [5.74, 6) is -0.587. The predicted octanol–water partition coefficient (Wildman–Crippen LogP) is 1.92. The third-order valence-electron chi connectivity index (χ3n) is 4.05. The van der Waals surface area contributed by atoms with Gasteiger partial charge in [-0.2, -0.15) is 0 Å². The summed E-state index contributed by atoms with van der Waals surface area (Å²) in [5, 5.41) is 2.74. The molecule has 26 heavy (non-hydrogen) atoms. The highest BCUT2D eigenvalue weighted by Crippen LogP contribution is 2.24. The summed E-state index contributed by atoms with van der Waals surface area (Å²) in [6.45, 7) is 0. The molecule has 0 aromatic heterocycles. The molecule has 7 nitrogen and oxygen atoms in total. The van der Waals surface area contributed by atoms with E-state index >= 15 is 0 Å². The van der Waals surface area contributed by atoms with E-state index in [1.165, 1.54) is 12.7 Å². The summed E-state index contributed by atoms with van der Waals surface area (Å²) in [5.41, 5.74) is -0.694. The Hall–Kier alpha value is -3.74. The molecule has 4 rings (SSSR count). The van der Waals surface area contributed by atoms with E-state index in [-0.39, 0.29) is 11.5 Å². The van der Waals surface area contributed by atoms with E-state index in [1.54, 1.807) is 60.7 Å². The van der Waals surface area contributed by atoms with Gasteiger partial charge in [0.05, 0.1) is 0 Å². The van der Waals surface area contributed by atoms with Crippen molar-refractivity contribution in [1.82, 2.24) is 5.32 Å². The molecule has 2 heterocycles. The van der Waals surface area contributed by atoms with Crippen molar-refractivity contribution in [2.24, 2.45) is 20.0 Å². The van der Waals surface area contributed by atoms with Crippen molar-refractivity contribution in [3.63, 3.8) is 0 Å². The summed E-state index contributed by atoms with van der Waals surface area (Å²) in [6, 6.07) is 17.2. The van der Waals surface area contributed by atoms with Crippen LogP contribution in [0.15, 0.2) is 80.6 Å². The van der Waals surface area contributed by atoms with Crippen LogP contribution in [0.3, 0.4) is 0 Å². The number of Topliss-reactive ketones (excluding diaryl/α,β-unsaturated/α-hetero) is 1. The highest BCUT2D eigenvalue weighted by molar-refractivity contribution is 6.55. The maximum atomic E-state index is 13.3. The molecule has 0 aliphatic carbocycles. The first-order valence-corrected chi connectivity index (χ1v) is 7.91. The first-order chi connectivity index (χ1) is 12.7. The summed E-state index contributed by atoms with van der Waals surface area (Å²) in [6.07, 6.45) is 2.52. The SMILES string of the molecule is O=C(NC1(C(=O)c2ccccc2)N=CN=C2N=CN=C21)c1ccccc1. The lowest BCUT2D eigenvalue weighted by molar-refractivity contribution is 0.0828. The Kier molecular flexibility index (Phi) is 3.81. The van der Waals surface area contributed by atoms with Crippen LogP contribution in [0.1, 0.15) is 20.7 Å². The third-order valence-corrected chi connectivity index (χ3v) is 4.05. The Bertz CT molecular complexity index is 993. The highest BCUT2D eigenvalue weighted by Gasteiger charge is 2.49. The number of nitrogens with one attached hydrogen (secondary N) is 1. The number of rotatable bonds is 4. The number of aliphatic imine (C=N–C) groups is 4. The van der Waals surface area contributed by atoms with Gasteiger partial charge >= 0.3 is 0 Å². The van der Waals surface area contributed by atoms with Crippen LogP contribution in [-0.2, 0) is 0 Å². The van der Waals surface area contributed by atoms with Crippen LogP contribution < -0.4 is 5.32 Å². The quantitative estimate of drug-likeness (QED) is 0.859. The summed E-state index contributed by atoms with van der Waals surface area (Å²) < 4.78 is 0. The van der Waals surface area contributed by atoms with Gasteiger partial charge in [0.15, 0.2) is 5.84 Å². The Balaban J connectivity index is 1.78. The molecule has 0 fully saturated rings. The zero-order valence-electron chi connectivity index (χ0n) is 13.5. The van der Waals surface area contributed by atoms with E-state index < -0.39 is 17.4 Å². The summed E-state index contributed by atoms with van der Waals surface area (Å²) in [7, 11) is 0. The average molecular weight is 343 g/mol. The zero-order chi connectivity index (χ0) is 18.0. The van der Waals surface area contributed by atoms with Gasteiger partial charge in [-0.05, 0) is 12.1 Å². The number of fused-ring (bicyclic) bond motifs is 1. The van der Waals surface area contributed by atoms with Crippen molar-refractivity contribution in [3.8, 4) is 0 Å². The van der Waals surface area contributed by atoms with Gasteiger partial charge in [0.2, 0.25) is 11.4 Å². The van der Waals surface area contributed by atoms with Crippen molar-refractivity contribution in [1.29, 1.82) is 0 Å². The fourth-order valence-electron chi connectivity index (χ4n) is 2.78. The van der Waals surface area contributed by atoms with Crippen LogP contribution in [0.2, 0.25) is 0 Å². The van der Waals surface area contributed by atoms with Crippen LogP contribution in [0.25, 0.3) is 0 Å². The number of amidine groups is 1. The minimum absolute atomic E-state index is 0.207. The van der Waals surface area contributed by atoms with Gasteiger partial charge in [0.25, 0.3) is 5.91 Å². The van der Waals surface area contributed by atoms with Gasteiger partial charge in [-0.15, -0.1) is 0 Å². The largest absolute Gasteiger partial charge is 0.316 e. The van der Waals surface area contributed by atoms with Gasteiger partial charge in [0, 0.05) is 11.1 Å². The summed E-state index contributed by atoms with van der Waals surface area (Å²) >= 11 is 0. The molecule has 1 amide bonds. The molecule has 7 heteroatoms. The highest BCUT2D eigenvalue weighted by atomic mass is 16.2. The van der Waals surface area contributed by atoms with Crippen molar-refractivity contribution >= 4 is 35.9 Å². The number of ketones is 1. The Labute approximate surface area is 148 Å². The molecule has 1 N–H and O–H groups in total. The third kappa shape index (κ3) is 2.55. The van der Waals surface area contributed by atoms with Crippen LogP contribution in [0, 0.1) is 0 Å². The molecule has 0 radical (unpaired) electrons. The van der Waals surface area contributed by atoms with E-state index in [0.29, 0.717) is 11.1 Å². The average Bonchev–Trinajstić information content (AvgIpc) is 3.19. The number of nitrogens with zero attached hydrogens (tertiary/aromatic N) is 4. The van der Waals surface area contributed by atoms with Crippen LogP contribution in [-0.4, -0.2) is 41.6 Å². The van der Waals surface area contributed by atoms with E-state index in [9.17, 15) is 9.59 Å². The van der Waals surface area contributed by atoms with Gasteiger partial charge in [0.1, 0.15) is 18.4 Å². The molecule has 0 saturated heterocycles. The van der Waals surface area contributed by atoms with E-state index in [4.69, 9.17) is 0 Å². The minimum Gasteiger partial charge on any atom is -0.316 e. The Morgan fingerprint density at radius 2 is 1.46 bits per heavy atom. The maximum absolute atomic E-state index is 13.3. The van der Waals surface area contributed by atoms with Crippen LogP contribution in [0.4, 0.5) is 0 Å². The molecule has 2 aliphatic rings. The normalized spacial score (nSPS) is 20.2. The van der Waals surface area contributed by atoms with Crippen LogP contribution in [0.5, 0.6) is 0 Å². The molecule has 0 saturated carbocycles. The van der Waals surface area contributed by atoms with Gasteiger partial charge in [-0.3, -0.25) is 9.59 Å². The number of amides is 1. The van der Waals surface area contributed by atoms with Crippen LogP contribution >= 0.6 is 0 Å². The fraction of sp³-hybridized carbons (Fsp3) is 0.0526. The van der Waals surface area contributed by atoms with Crippen molar-refractivity contribution in [3.05, 3.63) is 71.8 Å². The van der Waals surface area contributed by atoms with Gasteiger partial charge in [-0.25, -0.2) is 20.0 Å². The Morgan fingerprint density at radius 3 is 2.15 bits per heavy atom. The molecular formula is C19H13N5O2. The lowest BCUT2D eigenvalue weighted by Crippen LogP contribution is -2.61. The lowest BCUT2D eigenvalue weighted by atomic mass is 9.91. The number of carbonyl (C=O) groups is 2. The van der Waals surface area contributed by atoms with E-state index in [1.807, 2.05) is 0 Å². The predicted molar refractivity (Wildman–Crippen MR) is 99.3 cm³/mol.